The van der Waals surface area contributed by atoms with E-state index < -0.39 is 0 Å². The molecule has 3 aromatic heterocycles. The van der Waals surface area contributed by atoms with Gasteiger partial charge in [0.25, 0.3) is 0 Å². The molecule has 0 atom stereocenters. The molecule has 0 radical (unpaired) electrons. The first-order valence-corrected chi connectivity index (χ1v) is 7.40. The van der Waals surface area contributed by atoms with Crippen LogP contribution in [0.3, 0.4) is 0 Å². The van der Waals surface area contributed by atoms with E-state index in [1.807, 2.05) is 46.2 Å². The Morgan fingerprint density at radius 1 is 1.20 bits per heavy atom. The number of pyridine rings is 1. The zero-order valence-corrected chi connectivity index (χ0v) is 13.3. The van der Waals surface area contributed by atoms with Gasteiger partial charge in [-0.15, -0.1) is 0 Å². The summed E-state index contributed by atoms with van der Waals surface area (Å²) in [4.78, 5) is 10.4. The normalized spacial score (nSPS) is 9.40. The first kappa shape index (κ1) is 16.2. The van der Waals surface area contributed by atoms with Crippen LogP contribution in [0.15, 0.2) is 36.8 Å². The molecule has 0 saturated heterocycles. The molecule has 0 aromatic carbocycles. The lowest BCUT2D eigenvalue weighted by Crippen LogP contribution is -1.99. The second-order valence-electron chi connectivity index (χ2n) is 3.63. The zero-order chi connectivity index (χ0) is 15.0. The predicted octanol–water partition coefficient (Wildman–Crippen LogP) is 4.52. The molecule has 0 fully saturated rings. The van der Waals surface area contributed by atoms with E-state index in [0.717, 1.165) is 23.3 Å². The molecule has 0 unspecified atom stereocenters. The summed E-state index contributed by atoms with van der Waals surface area (Å²) >= 11 is 4.99. The van der Waals surface area contributed by atoms with Gasteiger partial charge in [-0.25, -0.2) is 4.98 Å². The standard InChI is InChI=1S/C11H10N4S.2C2H6/c16-11-13-6-9(14-11)7-15-5-3-8-2-1-4-12-10(8)15;2*1-2/h1-6H,7H2,(H2,13,14,16);2*1-2H3. The lowest BCUT2D eigenvalue weighted by atomic mass is 10.3. The Balaban J connectivity index is 0.000000461. The molecule has 0 bridgehead atoms. The van der Waals surface area contributed by atoms with Gasteiger partial charge in [-0.05, 0) is 30.4 Å². The molecule has 2 N–H and O–H groups in total. The average Bonchev–Trinajstić information content (AvgIpc) is 3.11. The highest BCUT2D eigenvalue weighted by molar-refractivity contribution is 7.71. The highest BCUT2D eigenvalue weighted by Crippen LogP contribution is 2.13. The third-order valence-corrected chi connectivity index (χ3v) is 2.74. The van der Waals surface area contributed by atoms with Crippen molar-refractivity contribution in [3.8, 4) is 0 Å². The van der Waals surface area contributed by atoms with Crippen molar-refractivity contribution < 1.29 is 0 Å². The van der Waals surface area contributed by atoms with Crippen LogP contribution in [0.4, 0.5) is 0 Å². The smallest absolute Gasteiger partial charge is 0.174 e. The summed E-state index contributed by atoms with van der Waals surface area (Å²) in [5.74, 6) is 0. The molecule has 4 nitrogen and oxygen atoms in total. The van der Waals surface area contributed by atoms with Crippen LogP contribution in [0.1, 0.15) is 33.4 Å². The van der Waals surface area contributed by atoms with Crippen LogP contribution < -0.4 is 0 Å². The fourth-order valence-corrected chi connectivity index (χ4v) is 1.98. The van der Waals surface area contributed by atoms with Crippen molar-refractivity contribution in [3.63, 3.8) is 0 Å². The first-order chi connectivity index (χ1) is 9.83. The largest absolute Gasteiger partial charge is 0.337 e. The van der Waals surface area contributed by atoms with Crippen molar-refractivity contribution in [2.45, 2.75) is 34.2 Å². The molecule has 5 heteroatoms. The van der Waals surface area contributed by atoms with Gasteiger partial charge in [-0.1, -0.05) is 27.7 Å². The van der Waals surface area contributed by atoms with Gasteiger partial charge in [0.1, 0.15) is 5.65 Å². The van der Waals surface area contributed by atoms with Gasteiger partial charge >= 0.3 is 0 Å². The van der Waals surface area contributed by atoms with Gasteiger partial charge in [0.05, 0.1) is 12.2 Å². The molecule has 3 heterocycles. The second-order valence-corrected chi connectivity index (χ2v) is 4.04. The number of hydrogen-bond donors (Lipinski definition) is 2. The van der Waals surface area contributed by atoms with E-state index in [4.69, 9.17) is 12.2 Å². The van der Waals surface area contributed by atoms with E-state index in [9.17, 15) is 0 Å². The second kappa shape index (κ2) is 8.32. The third-order valence-electron chi connectivity index (χ3n) is 2.52. The summed E-state index contributed by atoms with van der Waals surface area (Å²) in [6.07, 6.45) is 5.72. The lowest BCUT2D eigenvalue weighted by molar-refractivity contribution is 0.803. The molecule has 0 amide bonds. The molecule has 3 rings (SSSR count). The molecular formula is C15H22N4S. The van der Waals surface area contributed by atoms with E-state index in [0.29, 0.717) is 4.77 Å². The summed E-state index contributed by atoms with van der Waals surface area (Å²) in [5.41, 5.74) is 2.04. The number of fused-ring (bicyclic) bond motifs is 1. The maximum atomic E-state index is 4.99. The van der Waals surface area contributed by atoms with Crippen LogP contribution in [0.25, 0.3) is 11.0 Å². The van der Waals surface area contributed by atoms with Crippen molar-refractivity contribution in [1.82, 2.24) is 19.5 Å². The maximum absolute atomic E-state index is 4.99. The lowest BCUT2D eigenvalue weighted by Gasteiger charge is -2.01. The van der Waals surface area contributed by atoms with Gasteiger partial charge in [-0.3, -0.25) is 0 Å². The zero-order valence-electron chi connectivity index (χ0n) is 12.5. The van der Waals surface area contributed by atoms with Gasteiger partial charge in [0.2, 0.25) is 0 Å². The van der Waals surface area contributed by atoms with Gasteiger partial charge in [0.15, 0.2) is 4.77 Å². The predicted molar refractivity (Wildman–Crippen MR) is 87.5 cm³/mol. The number of aromatic amines is 2. The summed E-state index contributed by atoms with van der Waals surface area (Å²) in [7, 11) is 0. The van der Waals surface area contributed by atoms with Crippen LogP contribution >= 0.6 is 12.2 Å². The van der Waals surface area contributed by atoms with Crippen LogP contribution in [0.2, 0.25) is 0 Å². The monoisotopic (exact) mass is 290 g/mol. The first-order valence-electron chi connectivity index (χ1n) is 6.99. The third kappa shape index (κ3) is 3.81. The quantitative estimate of drug-likeness (QED) is 0.682. The van der Waals surface area contributed by atoms with Crippen molar-refractivity contribution in [1.29, 1.82) is 0 Å². The highest BCUT2D eigenvalue weighted by atomic mass is 32.1. The fraction of sp³-hybridized carbons (Fsp3) is 0.333. The number of hydrogen-bond acceptors (Lipinski definition) is 2. The minimum atomic E-state index is 0.652. The SMILES string of the molecule is CC.CC.S=c1[nH]cc(Cn2ccc3cccnc32)[nH]1. The van der Waals surface area contributed by atoms with Gasteiger partial charge in [-0.2, -0.15) is 0 Å². The summed E-state index contributed by atoms with van der Waals surface area (Å²) in [6.45, 7) is 8.74. The highest BCUT2D eigenvalue weighted by Gasteiger charge is 2.02. The van der Waals surface area contributed by atoms with Gasteiger partial charge < -0.3 is 14.5 Å². The van der Waals surface area contributed by atoms with Gasteiger partial charge in [0, 0.05) is 24.0 Å². The fourth-order valence-electron chi connectivity index (χ4n) is 1.79. The number of aromatic nitrogens is 4. The van der Waals surface area contributed by atoms with E-state index in [-0.39, 0.29) is 0 Å². The Hall–Kier alpha value is -1.88. The Kier molecular flexibility index (Phi) is 6.73. The Labute approximate surface area is 124 Å². The Morgan fingerprint density at radius 3 is 2.60 bits per heavy atom. The number of nitrogens with zero attached hydrogens (tertiary/aromatic N) is 2. The molecule has 20 heavy (non-hydrogen) atoms. The minimum Gasteiger partial charge on any atom is -0.337 e. The topological polar surface area (TPSA) is 49.4 Å². The molecule has 108 valence electrons. The van der Waals surface area contributed by atoms with Crippen LogP contribution in [-0.2, 0) is 6.54 Å². The van der Waals surface area contributed by atoms with Crippen molar-refractivity contribution in [3.05, 3.63) is 47.3 Å². The molecular weight excluding hydrogens is 268 g/mol. The van der Waals surface area contributed by atoms with E-state index >= 15 is 0 Å². The number of nitrogens with one attached hydrogen (secondary N) is 2. The molecule has 0 aliphatic carbocycles. The molecule has 0 aliphatic heterocycles. The summed E-state index contributed by atoms with van der Waals surface area (Å²) in [6, 6.07) is 6.05. The van der Waals surface area contributed by atoms with Crippen LogP contribution in [0.5, 0.6) is 0 Å². The Bertz CT molecular complexity index is 678. The van der Waals surface area contributed by atoms with Crippen LogP contribution in [-0.4, -0.2) is 19.5 Å². The van der Waals surface area contributed by atoms with Crippen molar-refractivity contribution in [2.24, 2.45) is 0 Å². The average molecular weight is 290 g/mol. The number of imidazole rings is 1. The van der Waals surface area contributed by atoms with Crippen molar-refractivity contribution >= 4 is 23.3 Å². The Morgan fingerprint density at radius 2 is 1.95 bits per heavy atom. The molecule has 0 saturated carbocycles. The molecule has 3 aromatic rings. The summed E-state index contributed by atoms with van der Waals surface area (Å²) in [5, 5.41) is 1.15. The molecule has 0 aliphatic rings. The number of H-pyrrole nitrogens is 2. The summed E-state index contributed by atoms with van der Waals surface area (Å²) < 4.78 is 2.74. The number of rotatable bonds is 2. The van der Waals surface area contributed by atoms with Crippen molar-refractivity contribution in [2.75, 3.05) is 0 Å². The van der Waals surface area contributed by atoms with E-state index in [1.54, 1.807) is 6.20 Å². The maximum Gasteiger partial charge on any atom is 0.174 e. The van der Waals surface area contributed by atoms with E-state index in [1.165, 1.54) is 0 Å². The minimum absolute atomic E-state index is 0.652. The molecule has 0 spiro atoms. The van der Waals surface area contributed by atoms with E-state index in [2.05, 4.69) is 31.7 Å². The van der Waals surface area contributed by atoms with Crippen LogP contribution in [0, 0.1) is 4.77 Å².